The fraction of sp³-hybridized carbons (Fsp3) is 0.0667. The van der Waals surface area contributed by atoms with Crippen LogP contribution in [0.3, 0.4) is 0 Å². The Kier molecular flexibility index (Phi) is 3.44. The molecule has 0 fully saturated rings. The molecule has 4 nitrogen and oxygen atoms in total. The number of benzene rings is 2. The molecule has 2 rings (SSSR count). The normalized spacial score (nSPS) is 13.5. The lowest BCUT2D eigenvalue weighted by Gasteiger charge is -2.25. The molecule has 0 heterocycles. The lowest BCUT2D eigenvalue weighted by atomic mass is 9.85. The number of nitrogens with one attached hydrogen (secondary N) is 1. The van der Waals surface area contributed by atoms with Gasteiger partial charge in [0, 0.05) is 5.56 Å². The van der Waals surface area contributed by atoms with E-state index in [0.717, 1.165) is 0 Å². The average Bonchev–Trinajstić information content (AvgIpc) is 2.47. The second-order valence-electron chi connectivity index (χ2n) is 4.19. The monoisotopic (exact) mass is 254 g/mol. The Morgan fingerprint density at radius 2 is 1.47 bits per heavy atom. The predicted molar refractivity (Wildman–Crippen MR) is 73.0 cm³/mol. The van der Waals surface area contributed by atoms with E-state index < -0.39 is 17.2 Å². The van der Waals surface area contributed by atoms with Gasteiger partial charge in [-0.15, -0.1) is 0 Å². The second kappa shape index (κ2) is 5.04. The molecule has 0 aliphatic heterocycles. The molecule has 0 aliphatic carbocycles. The fourth-order valence-corrected chi connectivity index (χ4v) is 1.89. The van der Waals surface area contributed by atoms with Gasteiger partial charge in [0.05, 0.1) is 0 Å². The van der Waals surface area contributed by atoms with Crippen molar-refractivity contribution in [2.75, 3.05) is 0 Å². The SMILES string of the molecule is N=C(N)C(O)(C(=O)c1ccccc1)c1ccccc1. The van der Waals surface area contributed by atoms with Crippen LogP contribution in [0.2, 0.25) is 0 Å². The Hall–Kier alpha value is -2.46. The van der Waals surface area contributed by atoms with Crippen molar-refractivity contribution >= 4 is 11.6 Å². The van der Waals surface area contributed by atoms with Crippen molar-refractivity contribution in [3.8, 4) is 0 Å². The maximum Gasteiger partial charge on any atom is 0.210 e. The van der Waals surface area contributed by atoms with Crippen molar-refractivity contribution < 1.29 is 9.90 Å². The zero-order chi connectivity index (χ0) is 13.9. The summed E-state index contributed by atoms with van der Waals surface area (Å²) in [6.07, 6.45) is 0. The van der Waals surface area contributed by atoms with Gasteiger partial charge in [0.1, 0.15) is 5.84 Å². The number of amidine groups is 1. The minimum atomic E-state index is -2.12. The summed E-state index contributed by atoms with van der Waals surface area (Å²) in [5.41, 5.74) is 3.93. The Balaban J connectivity index is 2.53. The van der Waals surface area contributed by atoms with Gasteiger partial charge in [0.15, 0.2) is 0 Å². The molecule has 19 heavy (non-hydrogen) atoms. The summed E-state index contributed by atoms with van der Waals surface area (Å²) < 4.78 is 0. The van der Waals surface area contributed by atoms with Crippen LogP contribution in [0.25, 0.3) is 0 Å². The molecule has 4 N–H and O–H groups in total. The summed E-state index contributed by atoms with van der Waals surface area (Å²) in [4.78, 5) is 12.4. The first-order valence-electron chi connectivity index (χ1n) is 5.79. The van der Waals surface area contributed by atoms with Crippen molar-refractivity contribution in [2.45, 2.75) is 5.60 Å². The Labute approximate surface area is 111 Å². The summed E-state index contributed by atoms with van der Waals surface area (Å²) >= 11 is 0. The molecule has 0 aromatic heterocycles. The van der Waals surface area contributed by atoms with Gasteiger partial charge in [-0.25, -0.2) is 0 Å². The minimum Gasteiger partial charge on any atom is -0.385 e. The van der Waals surface area contributed by atoms with Gasteiger partial charge in [-0.3, -0.25) is 10.2 Å². The maximum atomic E-state index is 12.4. The third-order valence-corrected chi connectivity index (χ3v) is 2.95. The molecular weight excluding hydrogens is 240 g/mol. The van der Waals surface area contributed by atoms with E-state index in [-0.39, 0.29) is 5.56 Å². The number of nitrogens with two attached hydrogens (primary N) is 1. The molecule has 0 aliphatic rings. The van der Waals surface area contributed by atoms with Crippen LogP contribution in [0.1, 0.15) is 15.9 Å². The molecule has 1 atom stereocenters. The number of hydrogen-bond acceptors (Lipinski definition) is 3. The topological polar surface area (TPSA) is 87.2 Å². The highest BCUT2D eigenvalue weighted by molar-refractivity contribution is 6.17. The minimum absolute atomic E-state index is 0.288. The largest absolute Gasteiger partial charge is 0.385 e. The first-order chi connectivity index (χ1) is 9.06. The summed E-state index contributed by atoms with van der Waals surface area (Å²) in [5.74, 6) is -1.20. The lowest BCUT2D eigenvalue weighted by molar-refractivity contribution is 0.0582. The van der Waals surface area contributed by atoms with Crippen molar-refractivity contribution in [1.82, 2.24) is 0 Å². The molecule has 0 saturated heterocycles. The number of Topliss-reactive ketones (excluding diaryl/α,β-unsaturated/α-hetero) is 1. The summed E-state index contributed by atoms with van der Waals surface area (Å²) in [5, 5.41) is 18.2. The summed E-state index contributed by atoms with van der Waals surface area (Å²) in [6, 6.07) is 16.6. The van der Waals surface area contributed by atoms with Gasteiger partial charge in [-0.1, -0.05) is 60.7 Å². The fourth-order valence-electron chi connectivity index (χ4n) is 1.89. The molecule has 2 aromatic rings. The molecule has 0 spiro atoms. The number of carbonyl (C=O) groups is 1. The van der Waals surface area contributed by atoms with E-state index in [1.165, 1.54) is 0 Å². The first-order valence-corrected chi connectivity index (χ1v) is 5.79. The quantitative estimate of drug-likeness (QED) is 0.441. The lowest BCUT2D eigenvalue weighted by Crippen LogP contribution is -2.47. The zero-order valence-corrected chi connectivity index (χ0v) is 10.2. The molecule has 0 bridgehead atoms. The zero-order valence-electron chi connectivity index (χ0n) is 10.2. The van der Waals surface area contributed by atoms with Gasteiger partial charge >= 0.3 is 0 Å². The van der Waals surface area contributed by atoms with Crippen molar-refractivity contribution in [2.24, 2.45) is 5.73 Å². The van der Waals surface area contributed by atoms with E-state index in [9.17, 15) is 9.90 Å². The predicted octanol–water partition coefficient (Wildman–Crippen LogP) is 1.69. The van der Waals surface area contributed by atoms with E-state index in [0.29, 0.717) is 5.56 Å². The highest BCUT2D eigenvalue weighted by Gasteiger charge is 2.41. The van der Waals surface area contributed by atoms with Gasteiger partial charge in [-0.2, -0.15) is 0 Å². The Morgan fingerprint density at radius 3 is 1.95 bits per heavy atom. The number of rotatable bonds is 4. The average molecular weight is 254 g/mol. The first kappa shape index (κ1) is 13.0. The van der Waals surface area contributed by atoms with Crippen LogP contribution in [-0.2, 0) is 5.60 Å². The highest BCUT2D eigenvalue weighted by atomic mass is 16.3. The molecule has 4 heteroatoms. The van der Waals surface area contributed by atoms with Crippen LogP contribution in [0.5, 0.6) is 0 Å². The molecule has 0 radical (unpaired) electrons. The van der Waals surface area contributed by atoms with Crippen molar-refractivity contribution in [3.05, 3.63) is 71.8 Å². The van der Waals surface area contributed by atoms with E-state index in [1.54, 1.807) is 60.7 Å². The van der Waals surface area contributed by atoms with Crippen molar-refractivity contribution in [1.29, 1.82) is 5.41 Å². The molecular formula is C15H14N2O2. The van der Waals surface area contributed by atoms with Crippen LogP contribution in [-0.4, -0.2) is 16.7 Å². The highest BCUT2D eigenvalue weighted by Crippen LogP contribution is 2.25. The number of hydrogen-bond donors (Lipinski definition) is 3. The van der Waals surface area contributed by atoms with Gasteiger partial charge in [0.2, 0.25) is 11.4 Å². The summed E-state index contributed by atoms with van der Waals surface area (Å²) in [7, 11) is 0. The third-order valence-electron chi connectivity index (χ3n) is 2.95. The van der Waals surface area contributed by atoms with E-state index >= 15 is 0 Å². The van der Waals surface area contributed by atoms with E-state index in [2.05, 4.69) is 0 Å². The number of carbonyl (C=O) groups excluding carboxylic acids is 1. The number of aliphatic hydroxyl groups is 1. The van der Waals surface area contributed by atoms with Crippen LogP contribution >= 0.6 is 0 Å². The van der Waals surface area contributed by atoms with Gasteiger partial charge < -0.3 is 10.8 Å². The smallest absolute Gasteiger partial charge is 0.210 e. The van der Waals surface area contributed by atoms with Crippen LogP contribution < -0.4 is 5.73 Å². The second-order valence-corrected chi connectivity index (χ2v) is 4.19. The third kappa shape index (κ3) is 2.26. The van der Waals surface area contributed by atoms with E-state index in [1.807, 2.05) is 0 Å². The molecule has 0 amide bonds. The molecule has 0 saturated carbocycles. The van der Waals surface area contributed by atoms with Gasteiger partial charge in [-0.05, 0) is 5.56 Å². The molecule has 2 aromatic carbocycles. The van der Waals surface area contributed by atoms with Crippen LogP contribution in [0.4, 0.5) is 0 Å². The molecule has 1 unspecified atom stereocenters. The summed E-state index contributed by atoms with van der Waals surface area (Å²) in [6.45, 7) is 0. The van der Waals surface area contributed by atoms with Crippen LogP contribution in [0, 0.1) is 5.41 Å². The Morgan fingerprint density at radius 1 is 1.00 bits per heavy atom. The van der Waals surface area contributed by atoms with Crippen molar-refractivity contribution in [3.63, 3.8) is 0 Å². The Bertz CT molecular complexity index is 596. The van der Waals surface area contributed by atoms with Crippen LogP contribution in [0.15, 0.2) is 60.7 Å². The van der Waals surface area contributed by atoms with E-state index in [4.69, 9.17) is 11.1 Å². The number of ketones is 1. The maximum absolute atomic E-state index is 12.4. The standard InChI is InChI=1S/C15H14N2O2/c16-14(17)15(19,12-9-5-2-6-10-12)13(18)11-7-3-1-4-8-11/h1-10,19H,(H3,16,17). The molecule has 96 valence electrons. The van der Waals surface area contributed by atoms with Gasteiger partial charge in [0.25, 0.3) is 0 Å².